The lowest BCUT2D eigenvalue weighted by Gasteiger charge is -2.34. The third-order valence-electron chi connectivity index (χ3n) is 6.45. The van der Waals surface area contributed by atoms with Crippen LogP contribution in [0.5, 0.6) is 0 Å². The minimum atomic E-state index is -0.159. The Morgan fingerprint density at radius 2 is 1.91 bits per heavy atom. The van der Waals surface area contributed by atoms with Crippen LogP contribution in [-0.4, -0.2) is 68.7 Å². The molecular weight excluding hydrogens is 450 g/mol. The van der Waals surface area contributed by atoms with Crippen molar-refractivity contribution >= 4 is 35.6 Å². The molecule has 1 aromatic carbocycles. The van der Waals surface area contributed by atoms with Gasteiger partial charge in [0.15, 0.2) is 11.9 Å². The Balaban J connectivity index is 1.41. The summed E-state index contributed by atoms with van der Waals surface area (Å²) in [4.78, 5) is 26.4. The van der Waals surface area contributed by atoms with Gasteiger partial charge in [-0.25, -0.2) is 4.98 Å². The van der Waals surface area contributed by atoms with Crippen LogP contribution in [0, 0.1) is 5.41 Å². The number of carbonyl (C=O) groups excluding carboxylic acids is 1. The van der Waals surface area contributed by atoms with E-state index in [9.17, 15) is 4.79 Å². The van der Waals surface area contributed by atoms with Crippen molar-refractivity contribution in [2.24, 2.45) is 0 Å². The first-order valence-corrected chi connectivity index (χ1v) is 11.9. The first kappa shape index (κ1) is 22.4. The number of halogens is 1. The van der Waals surface area contributed by atoms with Crippen LogP contribution in [0.2, 0.25) is 5.02 Å². The summed E-state index contributed by atoms with van der Waals surface area (Å²) in [6, 6.07) is 7.77. The van der Waals surface area contributed by atoms with Gasteiger partial charge in [-0.1, -0.05) is 23.7 Å². The van der Waals surface area contributed by atoms with Crippen LogP contribution >= 0.6 is 11.6 Å². The molecule has 1 aliphatic carbocycles. The Morgan fingerprint density at radius 3 is 2.56 bits per heavy atom. The lowest BCUT2D eigenvalue weighted by Crippen LogP contribution is -2.49. The maximum atomic E-state index is 12.7. The van der Waals surface area contributed by atoms with E-state index < -0.39 is 0 Å². The van der Waals surface area contributed by atoms with Crippen molar-refractivity contribution in [1.29, 1.82) is 5.41 Å². The fourth-order valence-corrected chi connectivity index (χ4v) is 4.51. The molecule has 2 fully saturated rings. The Labute approximate surface area is 202 Å². The highest BCUT2D eigenvalue weighted by molar-refractivity contribution is 6.30. The largest absolute Gasteiger partial charge is 0.336 e. The molecular formula is C25H27ClN7O+. The topological polar surface area (TPSA) is 103 Å². The maximum Gasteiger partial charge on any atom is 0.255 e. The van der Waals surface area contributed by atoms with Crippen molar-refractivity contribution in [2.75, 3.05) is 26.2 Å². The van der Waals surface area contributed by atoms with Gasteiger partial charge in [0.2, 0.25) is 0 Å². The van der Waals surface area contributed by atoms with E-state index >= 15 is 0 Å². The second-order valence-electron chi connectivity index (χ2n) is 8.76. The molecule has 34 heavy (non-hydrogen) atoms. The number of nitrogens with zero attached hydrogens (tertiary/aromatic N) is 5. The molecule has 0 radical (unpaired) electrons. The second kappa shape index (κ2) is 9.48. The summed E-state index contributed by atoms with van der Waals surface area (Å²) < 4.78 is 2.18. The lowest BCUT2D eigenvalue weighted by molar-refractivity contribution is -0.128. The van der Waals surface area contributed by atoms with E-state index in [1.54, 1.807) is 4.90 Å². The number of carbonyl (C=O) groups is 1. The quantitative estimate of drug-likeness (QED) is 0.402. The lowest BCUT2D eigenvalue weighted by atomic mass is 10.1. The fourth-order valence-electron chi connectivity index (χ4n) is 4.39. The molecule has 3 N–H and O–H groups in total. The molecule has 2 aromatic heterocycles. The van der Waals surface area contributed by atoms with E-state index in [4.69, 9.17) is 27.4 Å². The average Bonchev–Trinajstić information content (AvgIpc) is 3.66. The molecule has 0 unspecified atom stereocenters. The molecule has 3 aromatic rings. The zero-order chi connectivity index (χ0) is 23.7. The van der Waals surface area contributed by atoms with Gasteiger partial charge in [-0.3, -0.25) is 24.5 Å². The molecule has 1 saturated heterocycles. The number of aromatic nitrogens is 3. The van der Waals surface area contributed by atoms with Crippen molar-refractivity contribution in [1.82, 2.24) is 24.2 Å². The zero-order valence-electron chi connectivity index (χ0n) is 18.8. The number of piperazine rings is 1. The molecule has 1 aliphatic heterocycles. The van der Waals surface area contributed by atoms with Crippen LogP contribution in [-0.2, 0) is 11.3 Å². The van der Waals surface area contributed by atoms with E-state index in [0.29, 0.717) is 36.1 Å². The molecule has 5 rings (SSSR count). The van der Waals surface area contributed by atoms with E-state index in [2.05, 4.69) is 20.5 Å². The summed E-state index contributed by atoms with van der Waals surface area (Å²) in [6.45, 7) is 3.36. The summed E-state index contributed by atoms with van der Waals surface area (Å²) >= 11 is 6.12. The monoisotopic (exact) mass is 476 g/mol. The second-order valence-corrected chi connectivity index (χ2v) is 9.19. The Kier molecular flexibility index (Phi) is 6.26. The summed E-state index contributed by atoms with van der Waals surface area (Å²) in [6.07, 6.45) is 10.2. The highest BCUT2D eigenvalue weighted by Crippen LogP contribution is 2.39. The minimum Gasteiger partial charge on any atom is -0.336 e. The molecule has 174 valence electrons. The number of fused-ring (bicyclic) bond motifs is 1. The predicted molar refractivity (Wildman–Crippen MR) is 132 cm³/mol. The number of hydrogen-bond acceptors (Lipinski definition) is 5. The van der Waals surface area contributed by atoms with Crippen LogP contribution in [0.4, 0.5) is 0 Å². The summed E-state index contributed by atoms with van der Waals surface area (Å²) in [5.74, 6) is 0.392. The number of rotatable bonds is 7. The predicted octanol–water partition coefficient (Wildman–Crippen LogP) is 1.98. The molecule has 0 atom stereocenters. The van der Waals surface area contributed by atoms with Gasteiger partial charge in [-0.15, -0.1) is 0 Å². The van der Waals surface area contributed by atoms with E-state index in [-0.39, 0.29) is 5.91 Å². The van der Waals surface area contributed by atoms with E-state index in [1.165, 1.54) is 25.1 Å². The van der Waals surface area contributed by atoms with Crippen LogP contribution in [0.15, 0.2) is 48.3 Å². The van der Waals surface area contributed by atoms with Gasteiger partial charge < -0.3 is 10.3 Å². The van der Waals surface area contributed by atoms with Crippen LogP contribution in [0.25, 0.3) is 16.9 Å². The van der Waals surface area contributed by atoms with Crippen molar-refractivity contribution in [2.45, 2.75) is 25.3 Å². The average molecular weight is 477 g/mol. The number of nitrogens with two attached hydrogens (primary N) is 1. The summed E-state index contributed by atoms with van der Waals surface area (Å²) in [7, 11) is 0. The van der Waals surface area contributed by atoms with Crippen LogP contribution in [0.3, 0.4) is 0 Å². The Hall–Kier alpha value is -3.36. The third-order valence-corrected chi connectivity index (χ3v) is 6.70. The van der Waals surface area contributed by atoms with E-state index in [0.717, 1.165) is 47.6 Å². The minimum absolute atomic E-state index is 0.159. The number of imidazole rings is 1. The SMILES string of the molecule is N=C/C(=C\C=[NH2+])C(=O)N1CCN(Cc2c(-c3ccc(Cl)cc3)nc3cnc(C4CC4)cn23)CC1. The molecule has 9 heteroatoms. The van der Waals surface area contributed by atoms with Gasteiger partial charge in [-0.05, 0) is 25.0 Å². The highest BCUT2D eigenvalue weighted by atomic mass is 35.5. The highest BCUT2D eigenvalue weighted by Gasteiger charge is 2.28. The smallest absolute Gasteiger partial charge is 0.255 e. The van der Waals surface area contributed by atoms with Gasteiger partial charge in [0.05, 0.1) is 28.9 Å². The van der Waals surface area contributed by atoms with Crippen molar-refractivity contribution in [3.63, 3.8) is 0 Å². The normalized spacial score (nSPS) is 17.2. The maximum absolute atomic E-state index is 12.7. The first-order valence-electron chi connectivity index (χ1n) is 11.5. The number of benzene rings is 1. The molecule has 1 amide bonds. The van der Waals surface area contributed by atoms with Gasteiger partial charge in [0.25, 0.3) is 5.91 Å². The molecule has 8 nitrogen and oxygen atoms in total. The summed E-state index contributed by atoms with van der Waals surface area (Å²) in [5.41, 5.74) is 5.30. The number of allylic oxidation sites excluding steroid dienone is 1. The molecule has 1 saturated carbocycles. The molecule has 3 heterocycles. The van der Waals surface area contributed by atoms with Gasteiger partial charge in [0, 0.05) is 67.7 Å². The van der Waals surface area contributed by atoms with Crippen molar-refractivity contribution < 1.29 is 10.2 Å². The van der Waals surface area contributed by atoms with Crippen molar-refractivity contribution in [3.8, 4) is 11.3 Å². The molecule has 0 spiro atoms. The first-order chi connectivity index (χ1) is 16.6. The number of amides is 1. The fraction of sp³-hybridized carbons (Fsp3) is 0.320. The number of nitrogens with one attached hydrogen (secondary N) is 1. The van der Waals surface area contributed by atoms with Crippen LogP contribution < -0.4 is 5.41 Å². The number of hydrogen-bond donors (Lipinski definition) is 2. The summed E-state index contributed by atoms with van der Waals surface area (Å²) in [5, 5.41) is 13.6. The third kappa shape index (κ3) is 4.51. The zero-order valence-corrected chi connectivity index (χ0v) is 19.6. The molecule has 2 aliphatic rings. The standard InChI is InChI=1S/C25H26ClN7O/c26-20-5-3-18(4-6-20)24-22(33-15-21(17-1-2-17)29-14-23(33)30-24)16-31-9-11-32(12-10-31)25(34)19(13-28)7-8-27/h3-8,13-15,17,27-28H,1-2,9-12,16H2/p+1/b19-7+,27-8?,28-13?. The molecule has 0 bridgehead atoms. The van der Waals surface area contributed by atoms with Gasteiger partial charge >= 0.3 is 0 Å². The van der Waals surface area contributed by atoms with Crippen molar-refractivity contribution in [3.05, 3.63) is 64.7 Å². The van der Waals surface area contributed by atoms with E-state index in [1.807, 2.05) is 30.5 Å². The Morgan fingerprint density at radius 1 is 1.18 bits per heavy atom. The van der Waals surface area contributed by atoms with Gasteiger partial charge in [-0.2, -0.15) is 0 Å². The Bertz CT molecular complexity index is 1270. The van der Waals surface area contributed by atoms with Gasteiger partial charge in [0.1, 0.15) is 0 Å². The van der Waals surface area contributed by atoms with Crippen LogP contribution in [0.1, 0.15) is 30.1 Å².